The highest BCUT2D eigenvalue weighted by molar-refractivity contribution is 7.13. The Balaban J connectivity index is 1.40. The van der Waals surface area contributed by atoms with E-state index >= 15 is 0 Å². The Morgan fingerprint density at radius 1 is 1.18 bits per heavy atom. The van der Waals surface area contributed by atoms with Crippen molar-refractivity contribution in [2.75, 3.05) is 38.0 Å². The summed E-state index contributed by atoms with van der Waals surface area (Å²) in [6, 6.07) is 5.92. The lowest BCUT2D eigenvalue weighted by molar-refractivity contribution is -0.274. The van der Waals surface area contributed by atoms with Crippen LogP contribution < -0.4 is 10.1 Å². The molecule has 2 aromatic rings. The number of aromatic nitrogens is 1. The fraction of sp³-hybridized carbons (Fsp3) is 0.444. The molecule has 1 saturated heterocycles. The van der Waals surface area contributed by atoms with Gasteiger partial charge in [-0.2, -0.15) is 0 Å². The molecule has 1 aromatic carbocycles. The summed E-state index contributed by atoms with van der Waals surface area (Å²) < 4.78 is 40.5. The Hall–Kier alpha value is -2.17. The largest absolute Gasteiger partial charge is 0.573 e. The highest BCUT2D eigenvalue weighted by Crippen LogP contribution is 2.23. The van der Waals surface area contributed by atoms with Gasteiger partial charge in [-0.25, -0.2) is 4.98 Å². The molecule has 1 aliphatic rings. The van der Waals surface area contributed by atoms with Gasteiger partial charge in [0.05, 0.1) is 12.2 Å². The van der Waals surface area contributed by atoms with Crippen LogP contribution in [0.15, 0.2) is 29.6 Å². The predicted octanol–water partition coefficient (Wildman–Crippen LogP) is 3.11. The van der Waals surface area contributed by atoms with E-state index in [1.165, 1.54) is 23.5 Å². The number of thiazole rings is 1. The third-order valence-electron chi connectivity index (χ3n) is 4.26. The number of nitrogens with one attached hydrogen (secondary N) is 1. The minimum absolute atomic E-state index is 0.0805. The van der Waals surface area contributed by atoms with Crippen LogP contribution in [0, 0.1) is 6.92 Å². The third-order valence-corrected chi connectivity index (χ3v) is 5.14. The summed E-state index contributed by atoms with van der Waals surface area (Å²) in [4.78, 5) is 20.6. The van der Waals surface area contributed by atoms with Crippen LogP contribution in [-0.4, -0.2) is 59.8 Å². The molecule has 0 saturated carbocycles. The number of anilines is 1. The first kappa shape index (κ1) is 20.6. The van der Waals surface area contributed by atoms with E-state index in [1.807, 2.05) is 12.3 Å². The summed E-state index contributed by atoms with van der Waals surface area (Å²) in [5, 5.41) is 5.30. The number of benzene rings is 1. The van der Waals surface area contributed by atoms with Crippen LogP contribution in [0.25, 0.3) is 0 Å². The number of amides is 1. The molecule has 2 heterocycles. The number of aryl methyl sites for hydroxylation is 1. The monoisotopic (exact) mass is 414 g/mol. The van der Waals surface area contributed by atoms with E-state index in [9.17, 15) is 18.0 Å². The summed E-state index contributed by atoms with van der Waals surface area (Å²) in [5.41, 5.74) is 1.80. The van der Waals surface area contributed by atoms with E-state index in [0.717, 1.165) is 37.4 Å². The van der Waals surface area contributed by atoms with Gasteiger partial charge in [0, 0.05) is 38.1 Å². The van der Waals surface area contributed by atoms with E-state index in [0.29, 0.717) is 18.2 Å². The van der Waals surface area contributed by atoms with E-state index in [2.05, 4.69) is 24.8 Å². The molecule has 1 aliphatic heterocycles. The Morgan fingerprint density at radius 2 is 1.82 bits per heavy atom. The second-order valence-electron chi connectivity index (χ2n) is 6.59. The fourth-order valence-corrected chi connectivity index (χ4v) is 3.64. The van der Waals surface area contributed by atoms with Crippen molar-refractivity contribution in [2.24, 2.45) is 0 Å². The minimum atomic E-state index is -4.68. The van der Waals surface area contributed by atoms with Gasteiger partial charge in [-0.1, -0.05) is 12.1 Å². The Morgan fingerprint density at radius 3 is 2.39 bits per heavy atom. The summed E-state index contributed by atoms with van der Waals surface area (Å²) in [7, 11) is 0. The van der Waals surface area contributed by atoms with Gasteiger partial charge in [0.15, 0.2) is 5.13 Å². The van der Waals surface area contributed by atoms with Crippen molar-refractivity contribution in [1.82, 2.24) is 14.8 Å². The molecule has 0 aliphatic carbocycles. The first-order chi connectivity index (χ1) is 13.3. The SMILES string of the molecule is Cc1csc(NC(=O)CN2CCN(Cc3ccc(OC(F)(F)F)cc3)CC2)n1. The van der Waals surface area contributed by atoms with Gasteiger partial charge in [-0.3, -0.25) is 14.6 Å². The standard InChI is InChI=1S/C18H21F3N4O2S/c1-13-12-28-17(22-13)23-16(26)11-25-8-6-24(7-9-25)10-14-2-4-15(5-3-14)27-18(19,20)21/h2-5,12H,6-11H2,1H3,(H,22,23,26). The number of hydrogen-bond acceptors (Lipinski definition) is 6. The summed E-state index contributed by atoms with van der Waals surface area (Å²) >= 11 is 1.40. The van der Waals surface area contributed by atoms with Crippen LogP contribution >= 0.6 is 11.3 Å². The van der Waals surface area contributed by atoms with Gasteiger partial charge in [0.2, 0.25) is 5.91 Å². The molecule has 1 fully saturated rings. The van der Waals surface area contributed by atoms with E-state index in [1.54, 1.807) is 12.1 Å². The Labute approximate surface area is 164 Å². The van der Waals surface area contributed by atoms with Gasteiger partial charge < -0.3 is 10.1 Å². The molecule has 0 bridgehead atoms. The van der Waals surface area contributed by atoms with Crippen molar-refractivity contribution in [3.8, 4) is 5.75 Å². The number of halogens is 3. The molecule has 152 valence electrons. The van der Waals surface area contributed by atoms with Crippen LogP contribution in [-0.2, 0) is 11.3 Å². The number of hydrogen-bond donors (Lipinski definition) is 1. The zero-order valence-corrected chi connectivity index (χ0v) is 16.1. The lowest BCUT2D eigenvalue weighted by atomic mass is 10.2. The molecule has 6 nitrogen and oxygen atoms in total. The average Bonchev–Trinajstić information content (AvgIpc) is 3.02. The number of carbonyl (C=O) groups excluding carboxylic acids is 1. The smallest absolute Gasteiger partial charge is 0.406 e. The maximum Gasteiger partial charge on any atom is 0.573 e. The molecule has 0 atom stereocenters. The Kier molecular flexibility index (Phi) is 6.53. The Bertz CT molecular complexity index is 787. The van der Waals surface area contributed by atoms with Gasteiger partial charge in [0.1, 0.15) is 5.75 Å². The minimum Gasteiger partial charge on any atom is -0.406 e. The van der Waals surface area contributed by atoms with E-state index < -0.39 is 6.36 Å². The number of carbonyl (C=O) groups is 1. The van der Waals surface area contributed by atoms with Crippen LogP contribution in [0.3, 0.4) is 0 Å². The highest BCUT2D eigenvalue weighted by Gasteiger charge is 2.31. The van der Waals surface area contributed by atoms with Crippen molar-refractivity contribution in [1.29, 1.82) is 0 Å². The second kappa shape index (κ2) is 8.89. The van der Waals surface area contributed by atoms with Crippen molar-refractivity contribution >= 4 is 22.4 Å². The average molecular weight is 414 g/mol. The van der Waals surface area contributed by atoms with E-state index in [-0.39, 0.29) is 11.7 Å². The van der Waals surface area contributed by atoms with E-state index in [4.69, 9.17) is 0 Å². The summed E-state index contributed by atoms with van der Waals surface area (Å²) in [6.45, 7) is 5.90. The molecule has 10 heteroatoms. The van der Waals surface area contributed by atoms with Crippen LogP contribution in [0.2, 0.25) is 0 Å². The zero-order chi connectivity index (χ0) is 20.1. The van der Waals surface area contributed by atoms with Gasteiger partial charge in [-0.15, -0.1) is 24.5 Å². The van der Waals surface area contributed by atoms with Crippen molar-refractivity contribution in [3.05, 3.63) is 40.9 Å². The lowest BCUT2D eigenvalue weighted by Gasteiger charge is -2.34. The summed E-state index contributed by atoms with van der Waals surface area (Å²) in [5.74, 6) is -0.300. The molecule has 1 amide bonds. The van der Waals surface area contributed by atoms with Crippen LogP contribution in [0.5, 0.6) is 5.75 Å². The fourth-order valence-electron chi connectivity index (χ4n) is 2.93. The molecule has 0 spiro atoms. The number of piperazine rings is 1. The number of nitrogens with zero attached hydrogens (tertiary/aromatic N) is 3. The van der Waals surface area contributed by atoms with Gasteiger partial charge in [0.25, 0.3) is 0 Å². The summed E-state index contributed by atoms with van der Waals surface area (Å²) in [6.07, 6.45) is -4.68. The number of rotatable bonds is 6. The molecule has 0 unspecified atom stereocenters. The molecular weight excluding hydrogens is 393 g/mol. The first-order valence-corrected chi connectivity index (χ1v) is 9.66. The third kappa shape index (κ3) is 6.47. The zero-order valence-electron chi connectivity index (χ0n) is 15.3. The highest BCUT2D eigenvalue weighted by atomic mass is 32.1. The number of ether oxygens (including phenoxy) is 1. The first-order valence-electron chi connectivity index (χ1n) is 8.78. The molecule has 1 aromatic heterocycles. The van der Waals surface area contributed by atoms with Gasteiger partial charge >= 0.3 is 6.36 Å². The maximum absolute atomic E-state index is 12.2. The predicted molar refractivity (Wildman–Crippen MR) is 100 cm³/mol. The topological polar surface area (TPSA) is 57.7 Å². The van der Waals surface area contributed by atoms with Crippen LogP contribution in [0.4, 0.5) is 18.3 Å². The lowest BCUT2D eigenvalue weighted by Crippen LogP contribution is -2.48. The van der Waals surface area contributed by atoms with Crippen molar-refractivity contribution in [2.45, 2.75) is 19.8 Å². The van der Waals surface area contributed by atoms with Crippen molar-refractivity contribution in [3.63, 3.8) is 0 Å². The van der Waals surface area contributed by atoms with Crippen molar-refractivity contribution < 1.29 is 22.7 Å². The molecule has 28 heavy (non-hydrogen) atoms. The van der Waals surface area contributed by atoms with Crippen LogP contribution in [0.1, 0.15) is 11.3 Å². The maximum atomic E-state index is 12.2. The molecule has 1 N–H and O–H groups in total. The van der Waals surface area contributed by atoms with Gasteiger partial charge in [-0.05, 0) is 24.6 Å². The second-order valence-corrected chi connectivity index (χ2v) is 7.44. The molecular formula is C18H21F3N4O2S. The molecule has 0 radical (unpaired) electrons. The number of alkyl halides is 3. The normalized spacial score (nSPS) is 16.1. The quantitative estimate of drug-likeness (QED) is 0.787. The molecule has 3 rings (SSSR count).